The highest BCUT2D eigenvalue weighted by Gasteiger charge is 2.22. The number of nitrogens with one attached hydrogen (secondary N) is 1. The van der Waals surface area contributed by atoms with Crippen molar-refractivity contribution < 1.29 is 0 Å². The molecule has 0 radical (unpaired) electrons. The normalized spacial score (nSPS) is 13.3. The first-order chi connectivity index (χ1) is 10.1. The predicted molar refractivity (Wildman–Crippen MR) is 85.8 cm³/mol. The van der Waals surface area contributed by atoms with E-state index in [0.29, 0.717) is 17.6 Å². The van der Waals surface area contributed by atoms with Gasteiger partial charge in [0.25, 0.3) is 0 Å². The molecule has 3 N–H and O–H groups in total. The Hall–Kier alpha value is -1.82. The van der Waals surface area contributed by atoms with Gasteiger partial charge in [0.05, 0.1) is 4.90 Å². The van der Waals surface area contributed by atoms with Gasteiger partial charge >= 0.3 is 0 Å². The van der Waals surface area contributed by atoms with Crippen molar-refractivity contribution in [2.24, 2.45) is 0 Å². The Balaban J connectivity index is 2.06. The molecule has 0 aromatic carbocycles. The van der Waals surface area contributed by atoms with Crippen LogP contribution in [0.4, 0.5) is 11.6 Å². The Bertz CT molecular complexity index is 684. The van der Waals surface area contributed by atoms with Crippen LogP contribution in [0.3, 0.4) is 0 Å². The van der Waals surface area contributed by atoms with E-state index in [1.165, 1.54) is 16.0 Å². The van der Waals surface area contributed by atoms with Crippen LogP contribution in [0.1, 0.15) is 36.7 Å². The van der Waals surface area contributed by atoms with Crippen molar-refractivity contribution in [2.45, 2.75) is 42.9 Å². The zero-order valence-corrected chi connectivity index (χ0v) is 13.3. The second-order valence-electron chi connectivity index (χ2n) is 5.47. The van der Waals surface area contributed by atoms with E-state index in [4.69, 9.17) is 5.73 Å². The molecule has 0 unspecified atom stereocenters. The highest BCUT2D eigenvalue weighted by atomic mass is 32.2. The molecule has 2 aromatic rings. The summed E-state index contributed by atoms with van der Waals surface area (Å²) in [5, 5.41) is 3.33. The third-order valence-corrected chi connectivity index (χ3v) is 4.78. The molecular weight excluding hydrogens is 282 g/mol. The second kappa shape index (κ2) is 5.52. The Morgan fingerprint density at radius 3 is 2.81 bits per heavy atom. The first kappa shape index (κ1) is 14.1. The van der Waals surface area contributed by atoms with Gasteiger partial charge in [-0.1, -0.05) is 25.6 Å². The van der Waals surface area contributed by atoms with Crippen molar-refractivity contribution in [3.05, 3.63) is 29.3 Å². The molecule has 1 aliphatic rings. The molecule has 0 fully saturated rings. The molecule has 0 saturated carbocycles. The minimum absolute atomic E-state index is 0.415. The van der Waals surface area contributed by atoms with Crippen molar-refractivity contribution in [1.29, 1.82) is 0 Å². The number of nitrogen functional groups attached to an aromatic ring is 1. The van der Waals surface area contributed by atoms with Crippen LogP contribution in [-0.4, -0.2) is 21.5 Å². The Labute approximate surface area is 128 Å². The highest BCUT2D eigenvalue weighted by Crippen LogP contribution is 2.41. The summed E-state index contributed by atoms with van der Waals surface area (Å²) in [7, 11) is 0. The average molecular weight is 301 g/mol. The summed E-state index contributed by atoms with van der Waals surface area (Å²) in [6.07, 6.45) is 4.77. The summed E-state index contributed by atoms with van der Waals surface area (Å²) in [5.41, 5.74) is 8.57. The largest absolute Gasteiger partial charge is 0.383 e. The maximum Gasteiger partial charge on any atom is 0.141 e. The fourth-order valence-electron chi connectivity index (χ4n) is 2.44. The number of aryl methyl sites for hydroxylation is 1. The van der Waals surface area contributed by atoms with Crippen molar-refractivity contribution in [3.63, 3.8) is 0 Å². The van der Waals surface area contributed by atoms with Gasteiger partial charge in [-0.2, -0.15) is 0 Å². The highest BCUT2D eigenvalue weighted by molar-refractivity contribution is 7.99. The van der Waals surface area contributed by atoms with E-state index in [0.717, 1.165) is 23.7 Å². The number of fused-ring (bicyclic) bond motifs is 1. The fourth-order valence-corrected chi connectivity index (χ4v) is 3.64. The molecule has 2 aromatic heterocycles. The van der Waals surface area contributed by atoms with E-state index in [2.05, 4.69) is 34.1 Å². The molecule has 1 aliphatic heterocycles. The molecule has 5 nitrogen and oxygen atoms in total. The SMILES string of the molecule is Cc1ncc(Sc2c(C(C)C)cnc3c2CCN3)c(N)n1. The summed E-state index contributed by atoms with van der Waals surface area (Å²) in [6, 6.07) is 0. The minimum atomic E-state index is 0.415. The molecule has 21 heavy (non-hydrogen) atoms. The summed E-state index contributed by atoms with van der Waals surface area (Å²) in [4.78, 5) is 15.2. The van der Waals surface area contributed by atoms with Crippen LogP contribution in [0.5, 0.6) is 0 Å². The number of hydrogen-bond donors (Lipinski definition) is 2. The number of anilines is 2. The zero-order chi connectivity index (χ0) is 15.0. The lowest BCUT2D eigenvalue weighted by Crippen LogP contribution is -2.01. The summed E-state index contributed by atoms with van der Waals surface area (Å²) in [5.74, 6) is 2.65. The number of nitrogens with two attached hydrogens (primary N) is 1. The van der Waals surface area contributed by atoms with Crippen LogP contribution in [-0.2, 0) is 6.42 Å². The maximum absolute atomic E-state index is 6.04. The van der Waals surface area contributed by atoms with E-state index in [-0.39, 0.29) is 0 Å². The molecule has 0 spiro atoms. The first-order valence-electron chi connectivity index (χ1n) is 7.09. The van der Waals surface area contributed by atoms with Gasteiger partial charge in [0.2, 0.25) is 0 Å². The van der Waals surface area contributed by atoms with Crippen LogP contribution in [0, 0.1) is 6.92 Å². The van der Waals surface area contributed by atoms with Crippen LogP contribution in [0.15, 0.2) is 22.2 Å². The van der Waals surface area contributed by atoms with Gasteiger partial charge in [-0.15, -0.1) is 0 Å². The number of hydrogen-bond acceptors (Lipinski definition) is 6. The Kier molecular flexibility index (Phi) is 3.71. The molecule has 3 heterocycles. The second-order valence-corrected chi connectivity index (χ2v) is 6.52. The first-order valence-corrected chi connectivity index (χ1v) is 7.90. The number of aromatic nitrogens is 3. The van der Waals surface area contributed by atoms with Gasteiger partial charge in [0, 0.05) is 29.4 Å². The van der Waals surface area contributed by atoms with Gasteiger partial charge in [0.15, 0.2) is 0 Å². The fraction of sp³-hybridized carbons (Fsp3) is 0.400. The van der Waals surface area contributed by atoms with Gasteiger partial charge < -0.3 is 11.1 Å². The van der Waals surface area contributed by atoms with Crippen molar-refractivity contribution >= 4 is 23.4 Å². The molecular formula is C15H19N5S. The minimum Gasteiger partial charge on any atom is -0.383 e. The van der Waals surface area contributed by atoms with Crippen LogP contribution in [0.25, 0.3) is 0 Å². The predicted octanol–water partition coefficient (Wildman–Crippen LogP) is 3.00. The molecule has 0 bridgehead atoms. The maximum atomic E-state index is 6.04. The number of pyridine rings is 1. The van der Waals surface area contributed by atoms with Gasteiger partial charge in [-0.05, 0) is 24.8 Å². The molecule has 0 amide bonds. The number of nitrogens with zero attached hydrogens (tertiary/aromatic N) is 3. The molecule has 6 heteroatoms. The molecule has 0 atom stereocenters. The lowest BCUT2D eigenvalue weighted by Gasteiger charge is -2.16. The third kappa shape index (κ3) is 2.68. The smallest absolute Gasteiger partial charge is 0.141 e. The number of rotatable bonds is 3. The van der Waals surface area contributed by atoms with Crippen LogP contribution < -0.4 is 11.1 Å². The average Bonchev–Trinajstić information content (AvgIpc) is 2.90. The van der Waals surface area contributed by atoms with E-state index in [9.17, 15) is 0 Å². The van der Waals surface area contributed by atoms with E-state index >= 15 is 0 Å². The van der Waals surface area contributed by atoms with Crippen LogP contribution in [0.2, 0.25) is 0 Å². The lowest BCUT2D eigenvalue weighted by molar-refractivity contribution is 0.825. The van der Waals surface area contributed by atoms with Crippen LogP contribution >= 0.6 is 11.8 Å². The van der Waals surface area contributed by atoms with E-state index in [1.807, 2.05) is 19.3 Å². The van der Waals surface area contributed by atoms with Gasteiger partial charge in [-0.3, -0.25) is 0 Å². The molecule has 3 rings (SSSR count). The topological polar surface area (TPSA) is 76.7 Å². The summed E-state index contributed by atoms with van der Waals surface area (Å²) < 4.78 is 0. The van der Waals surface area contributed by atoms with Gasteiger partial charge in [0.1, 0.15) is 17.5 Å². The van der Waals surface area contributed by atoms with E-state index in [1.54, 1.807) is 11.8 Å². The third-order valence-electron chi connectivity index (χ3n) is 3.56. The van der Waals surface area contributed by atoms with Gasteiger partial charge in [-0.25, -0.2) is 15.0 Å². The van der Waals surface area contributed by atoms with Crippen molar-refractivity contribution in [1.82, 2.24) is 15.0 Å². The molecule has 0 saturated heterocycles. The van der Waals surface area contributed by atoms with Crippen molar-refractivity contribution in [2.75, 3.05) is 17.6 Å². The quantitative estimate of drug-likeness (QED) is 0.907. The van der Waals surface area contributed by atoms with E-state index < -0.39 is 0 Å². The molecule has 110 valence electrons. The Morgan fingerprint density at radius 1 is 1.29 bits per heavy atom. The standard InChI is InChI=1S/C15H19N5S/c1-8(2)11-6-19-15-10(4-5-17-15)13(11)21-12-7-18-9(3)20-14(12)16/h6-8H,4-5H2,1-3H3,(H,17,19)(H2,16,18,20). The summed E-state index contributed by atoms with van der Waals surface area (Å²) in [6.45, 7) is 7.16. The zero-order valence-electron chi connectivity index (χ0n) is 12.5. The van der Waals surface area contributed by atoms with Crippen molar-refractivity contribution in [3.8, 4) is 0 Å². The summed E-state index contributed by atoms with van der Waals surface area (Å²) >= 11 is 1.65. The lowest BCUT2D eigenvalue weighted by atomic mass is 10.0. The Morgan fingerprint density at radius 2 is 2.10 bits per heavy atom. The molecule has 0 aliphatic carbocycles. The monoisotopic (exact) mass is 301 g/mol.